The summed E-state index contributed by atoms with van der Waals surface area (Å²) >= 11 is 3.45. The summed E-state index contributed by atoms with van der Waals surface area (Å²) in [6, 6.07) is 31.8. The van der Waals surface area contributed by atoms with Crippen molar-refractivity contribution in [2.24, 2.45) is 0 Å². The number of benzene rings is 4. The molecule has 0 spiro atoms. The molecule has 0 radical (unpaired) electrons. The summed E-state index contributed by atoms with van der Waals surface area (Å²) in [6.07, 6.45) is 1.74. The van der Waals surface area contributed by atoms with E-state index in [-0.39, 0.29) is 17.9 Å². The molecular weight excluding hydrogens is 610 g/mol. The van der Waals surface area contributed by atoms with Gasteiger partial charge in [-0.3, -0.25) is 4.79 Å². The zero-order valence-corrected chi connectivity index (χ0v) is 25.9. The van der Waals surface area contributed by atoms with Crippen molar-refractivity contribution in [3.63, 3.8) is 0 Å². The second-order valence-electron chi connectivity index (χ2n) is 9.83. The normalized spacial score (nSPS) is 13.3. The fraction of sp³-hybridized carbons (Fsp3) is 0.171. The molecule has 42 heavy (non-hydrogen) atoms. The minimum Gasteiger partial charge on any atom is -0.440 e. The molecule has 0 saturated carbocycles. The van der Waals surface area contributed by atoms with E-state index in [1.54, 1.807) is 24.3 Å². The predicted octanol–water partition coefficient (Wildman–Crippen LogP) is 7.06. The smallest absolute Gasteiger partial charge is 0.304 e. The van der Waals surface area contributed by atoms with Crippen LogP contribution in [-0.2, 0) is 31.6 Å². The van der Waals surface area contributed by atoms with Gasteiger partial charge in [0.25, 0.3) is 0 Å². The summed E-state index contributed by atoms with van der Waals surface area (Å²) in [5.41, 5.74) is 1.34. The zero-order chi connectivity index (χ0) is 30.2. The van der Waals surface area contributed by atoms with E-state index >= 15 is 0 Å². The molecular formula is C35H32BrNO4S. The predicted molar refractivity (Wildman–Crippen MR) is 170 cm³/mol. The van der Waals surface area contributed by atoms with Crippen molar-refractivity contribution in [3.05, 3.63) is 149 Å². The van der Waals surface area contributed by atoms with Gasteiger partial charge in [0.1, 0.15) is 0 Å². The highest BCUT2D eigenvalue weighted by Crippen LogP contribution is 2.37. The minimum absolute atomic E-state index is 0.0382. The van der Waals surface area contributed by atoms with Crippen LogP contribution in [0.4, 0.5) is 0 Å². The Kier molecular flexibility index (Phi) is 10.2. The zero-order valence-electron chi connectivity index (χ0n) is 23.5. The molecule has 0 bridgehead atoms. The van der Waals surface area contributed by atoms with Gasteiger partial charge in [-0.1, -0.05) is 106 Å². The Hall–Kier alpha value is -3.96. The minimum atomic E-state index is -4.12. The van der Waals surface area contributed by atoms with Gasteiger partial charge in [-0.25, -0.2) is 8.42 Å². The number of halogens is 1. The molecule has 0 amide bonds. The van der Waals surface area contributed by atoms with Gasteiger partial charge in [0.05, 0.1) is 10.9 Å². The van der Waals surface area contributed by atoms with E-state index in [4.69, 9.17) is 4.74 Å². The van der Waals surface area contributed by atoms with Crippen LogP contribution in [0.15, 0.2) is 131 Å². The molecule has 4 rings (SSSR count). The van der Waals surface area contributed by atoms with E-state index in [1.807, 2.05) is 91.9 Å². The van der Waals surface area contributed by atoms with Crippen LogP contribution < -0.4 is 0 Å². The molecule has 4 aromatic carbocycles. The molecule has 1 unspecified atom stereocenters. The van der Waals surface area contributed by atoms with Crippen molar-refractivity contribution in [2.75, 3.05) is 6.54 Å². The van der Waals surface area contributed by atoms with Crippen LogP contribution in [0, 0.1) is 18.8 Å². The Bertz CT molecular complexity index is 1680. The lowest BCUT2D eigenvalue weighted by atomic mass is 9.82. The van der Waals surface area contributed by atoms with Crippen LogP contribution in [0.2, 0.25) is 0 Å². The Balaban J connectivity index is 2.05. The first-order chi connectivity index (χ1) is 20.2. The maximum Gasteiger partial charge on any atom is 0.304 e. The Labute approximate surface area is 257 Å². The Morgan fingerprint density at radius 3 is 2.12 bits per heavy atom. The van der Waals surface area contributed by atoms with Crippen LogP contribution in [0.5, 0.6) is 0 Å². The van der Waals surface area contributed by atoms with E-state index in [2.05, 4.69) is 34.3 Å². The van der Waals surface area contributed by atoms with E-state index in [1.165, 1.54) is 17.3 Å². The van der Waals surface area contributed by atoms with Crippen molar-refractivity contribution in [3.8, 4) is 11.8 Å². The standard InChI is InChI=1S/C35H32BrNO4S/c1-4-25-37(42(39,40)33-21-15-27(2)16-22-33)34(26-30-11-7-5-8-12-30)35(41-28(3)38,31-13-9-6-10-14-31)24-23-29-17-19-32(36)20-18-29/h4-22,34H,1,25-26H2,2-3H3/t34-,35?/m0/s1. The highest BCUT2D eigenvalue weighted by Gasteiger charge is 2.49. The lowest BCUT2D eigenvalue weighted by Gasteiger charge is -2.42. The van der Waals surface area contributed by atoms with Crippen molar-refractivity contribution < 1.29 is 17.9 Å². The number of esters is 1. The van der Waals surface area contributed by atoms with Gasteiger partial charge in [-0.2, -0.15) is 4.31 Å². The van der Waals surface area contributed by atoms with Crippen molar-refractivity contribution in [1.29, 1.82) is 0 Å². The second-order valence-corrected chi connectivity index (χ2v) is 12.6. The highest BCUT2D eigenvalue weighted by molar-refractivity contribution is 9.10. The number of hydrogen-bond donors (Lipinski definition) is 0. The van der Waals surface area contributed by atoms with Gasteiger partial charge in [-0.15, -0.1) is 6.58 Å². The van der Waals surface area contributed by atoms with E-state index in [9.17, 15) is 13.2 Å². The molecule has 0 aliphatic heterocycles. The van der Waals surface area contributed by atoms with Crippen LogP contribution in [0.1, 0.15) is 29.2 Å². The molecule has 5 nitrogen and oxygen atoms in total. The van der Waals surface area contributed by atoms with E-state index < -0.39 is 27.6 Å². The van der Waals surface area contributed by atoms with Crippen LogP contribution in [-0.4, -0.2) is 31.3 Å². The van der Waals surface area contributed by atoms with Gasteiger partial charge < -0.3 is 4.74 Å². The Morgan fingerprint density at radius 2 is 1.55 bits per heavy atom. The number of aryl methyl sites for hydroxylation is 1. The fourth-order valence-electron chi connectivity index (χ4n) is 4.76. The molecule has 0 aliphatic rings. The highest BCUT2D eigenvalue weighted by atomic mass is 79.9. The first kappa shape index (κ1) is 31.0. The van der Waals surface area contributed by atoms with Gasteiger partial charge in [-0.05, 0) is 61.2 Å². The monoisotopic (exact) mass is 641 g/mol. The molecule has 0 N–H and O–H groups in total. The number of rotatable bonds is 10. The molecule has 0 fully saturated rings. The molecule has 0 saturated heterocycles. The SMILES string of the molecule is C=CCN([C@@H](Cc1ccccc1)C(C#Cc1ccc(Br)cc1)(OC(C)=O)c1ccccc1)S(=O)(=O)c1ccc(C)cc1. The second kappa shape index (κ2) is 13.8. The fourth-order valence-corrected chi connectivity index (χ4v) is 6.64. The van der Waals surface area contributed by atoms with Gasteiger partial charge >= 0.3 is 5.97 Å². The molecule has 4 aromatic rings. The summed E-state index contributed by atoms with van der Waals surface area (Å²) in [7, 11) is -4.12. The summed E-state index contributed by atoms with van der Waals surface area (Å²) in [6.45, 7) is 7.04. The van der Waals surface area contributed by atoms with E-state index in [0.717, 1.165) is 15.6 Å². The quantitative estimate of drug-likeness (QED) is 0.106. The largest absolute Gasteiger partial charge is 0.440 e. The number of carbonyl (C=O) groups is 1. The summed E-state index contributed by atoms with van der Waals surface area (Å²) in [4.78, 5) is 13.0. The maximum atomic E-state index is 14.4. The van der Waals surface area contributed by atoms with Crippen molar-refractivity contribution >= 4 is 31.9 Å². The number of hydrogen-bond acceptors (Lipinski definition) is 4. The van der Waals surface area contributed by atoms with Crippen LogP contribution >= 0.6 is 15.9 Å². The third kappa shape index (κ3) is 7.27. The molecule has 2 atom stereocenters. The lowest BCUT2D eigenvalue weighted by Crippen LogP contribution is -2.55. The number of nitrogens with zero attached hydrogens (tertiary/aromatic N) is 1. The van der Waals surface area contributed by atoms with Crippen molar-refractivity contribution in [2.45, 2.75) is 36.8 Å². The Morgan fingerprint density at radius 1 is 0.952 bits per heavy atom. The number of sulfonamides is 1. The van der Waals surface area contributed by atoms with Crippen LogP contribution in [0.3, 0.4) is 0 Å². The first-order valence-corrected chi connectivity index (χ1v) is 15.7. The molecule has 0 heterocycles. The molecule has 0 aliphatic carbocycles. The van der Waals surface area contributed by atoms with Gasteiger partial charge in [0.2, 0.25) is 15.6 Å². The average Bonchev–Trinajstić information content (AvgIpc) is 2.99. The molecule has 7 heteroatoms. The summed E-state index contributed by atoms with van der Waals surface area (Å²) in [5, 5.41) is 0. The molecule has 214 valence electrons. The van der Waals surface area contributed by atoms with E-state index in [0.29, 0.717) is 11.1 Å². The maximum absolute atomic E-state index is 14.4. The van der Waals surface area contributed by atoms with Gasteiger partial charge in [0, 0.05) is 29.1 Å². The first-order valence-electron chi connectivity index (χ1n) is 13.4. The summed E-state index contributed by atoms with van der Waals surface area (Å²) < 4.78 is 37.3. The lowest BCUT2D eigenvalue weighted by molar-refractivity contribution is -0.157. The molecule has 0 aromatic heterocycles. The number of ether oxygens (including phenoxy) is 1. The van der Waals surface area contributed by atoms with Crippen LogP contribution in [0.25, 0.3) is 0 Å². The average molecular weight is 643 g/mol. The topological polar surface area (TPSA) is 63.7 Å². The van der Waals surface area contributed by atoms with Crippen molar-refractivity contribution in [1.82, 2.24) is 4.31 Å². The third-order valence-corrected chi connectivity index (χ3v) is 9.19. The number of carbonyl (C=O) groups excluding carboxylic acids is 1. The third-order valence-electron chi connectivity index (χ3n) is 6.77. The van der Waals surface area contributed by atoms with Gasteiger partial charge in [0.15, 0.2) is 0 Å². The summed E-state index contributed by atoms with van der Waals surface area (Å²) in [5.74, 6) is 5.85.